The van der Waals surface area contributed by atoms with Crippen molar-refractivity contribution in [2.75, 3.05) is 5.75 Å². The molecule has 0 saturated carbocycles. The van der Waals surface area contributed by atoms with E-state index >= 15 is 0 Å². The van der Waals surface area contributed by atoms with Crippen molar-refractivity contribution >= 4 is 44.4 Å². The van der Waals surface area contributed by atoms with Crippen LogP contribution in [-0.4, -0.2) is 59.8 Å². The molecule has 0 aromatic rings. The van der Waals surface area contributed by atoms with Crippen LogP contribution in [0, 0.1) is 0 Å². The first-order valence-electron chi connectivity index (χ1n) is 4.65. The molecule has 5 N–H and O–H groups in total. The number of carboxylic acids is 2. The molecule has 0 aliphatic carbocycles. The van der Waals surface area contributed by atoms with Crippen LogP contribution >= 0.6 is 12.6 Å². The fourth-order valence-corrected chi connectivity index (χ4v) is 2.79. The van der Waals surface area contributed by atoms with E-state index in [1.165, 1.54) is 0 Å². The molecule has 0 heterocycles. The number of rotatable bonds is 9. The van der Waals surface area contributed by atoms with Gasteiger partial charge in [-0.15, -0.1) is 0 Å². The summed E-state index contributed by atoms with van der Waals surface area (Å²) in [4.78, 5) is 32.3. The second-order valence-electron chi connectivity index (χ2n) is 3.15. The van der Waals surface area contributed by atoms with Gasteiger partial charge in [-0.1, -0.05) is 0 Å². The van der Waals surface area contributed by atoms with Crippen LogP contribution in [0.5, 0.6) is 0 Å². The van der Waals surface area contributed by atoms with Gasteiger partial charge >= 0.3 is 110 Å². The van der Waals surface area contributed by atoms with E-state index in [1.54, 1.807) is 0 Å². The molecule has 0 radical (unpaired) electrons. The second-order valence-corrected chi connectivity index (χ2v) is 5.28. The van der Waals surface area contributed by atoms with Crippen LogP contribution in [-0.2, 0) is 14.4 Å². The summed E-state index contributed by atoms with van der Waals surface area (Å²) in [5.41, 5.74) is 5.47. The van der Waals surface area contributed by atoms with Crippen molar-refractivity contribution in [2.24, 2.45) is 5.73 Å². The third kappa shape index (κ3) is 7.35. The molecule has 0 saturated heterocycles. The first-order valence-corrected chi connectivity index (χ1v) is 7.00. The van der Waals surface area contributed by atoms with E-state index in [4.69, 9.17) is 15.9 Å². The van der Waals surface area contributed by atoms with Gasteiger partial charge in [0.2, 0.25) is 0 Å². The molecule has 9 heteroatoms. The van der Waals surface area contributed by atoms with Gasteiger partial charge in [0, 0.05) is 0 Å². The fraction of sp³-hybridized carbons (Fsp3) is 0.625. The molecular weight excluding hydrogens is 315 g/mol. The van der Waals surface area contributed by atoms with Crippen molar-refractivity contribution in [1.29, 1.82) is 0 Å². The number of nitrogens with one attached hydrogen (secondary N) is 1. The molecule has 0 aromatic carbocycles. The Bertz CT molecular complexity index is 302. The van der Waals surface area contributed by atoms with Gasteiger partial charge in [-0.25, -0.2) is 0 Å². The Morgan fingerprint density at radius 1 is 1.35 bits per heavy atom. The summed E-state index contributed by atoms with van der Waals surface area (Å²) >= 11 is 3.04. The number of nitrogens with two attached hydrogens (primary N) is 1. The standard InChI is InChI=1S/C8H14N2O5SSe/c9-4(1-2-6(11)12)8(15)17-10-5(3-16)7(13)14/h4-5,10,16H,1-3,9H2,(H,11,12)(H,13,14). The summed E-state index contributed by atoms with van der Waals surface area (Å²) in [5.74, 6) is -2.05. The van der Waals surface area contributed by atoms with Crippen molar-refractivity contribution in [3.8, 4) is 0 Å². The van der Waals surface area contributed by atoms with E-state index in [1.807, 2.05) is 0 Å². The topological polar surface area (TPSA) is 130 Å². The summed E-state index contributed by atoms with van der Waals surface area (Å²) in [6.45, 7) is 0. The fourth-order valence-electron chi connectivity index (χ4n) is 0.767. The predicted molar refractivity (Wildman–Crippen MR) is 64.0 cm³/mol. The molecular formula is C8H14N2O5SSe. The van der Waals surface area contributed by atoms with Crippen LogP contribution in [0.4, 0.5) is 0 Å². The molecule has 0 aliphatic rings. The Hall–Kier alpha value is -0.601. The van der Waals surface area contributed by atoms with Gasteiger partial charge in [0.25, 0.3) is 0 Å². The number of carboxylic acid groups (broad SMARTS) is 2. The van der Waals surface area contributed by atoms with Gasteiger partial charge in [-0.3, -0.25) is 0 Å². The van der Waals surface area contributed by atoms with Crippen molar-refractivity contribution < 1.29 is 24.6 Å². The number of carbonyl (C=O) groups is 3. The van der Waals surface area contributed by atoms with Crippen LogP contribution in [0.3, 0.4) is 0 Å². The first kappa shape index (κ1) is 16.4. The SMILES string of the molecule is NC(CCC(=O)O)C(=O)[Se]NC(CS)C(=O)O. The molecule has 0 amide bonds. The molecule has 0 aromatic heterocycles. The van der Waals surface area contributed by atoms with Gasteiger partial charge in [0.1, 0.15) is 0 Å². The average molecular weight is 329 g/mol. The number of hydrogen-bond acceptors (Lipinski definition) is 6. The van der Waals surface area contributed by atoms with Crippen molar-refractivity contribution in [2.45, 2.75) is 24.9 Å². The molecule has 2 unspecified atom stereocenters. The van der Waals surface area contributed by atoms with Gasteiger partial charge in [0.05, 0.1) is 0 Å². The molecule has 0 fully saturated rings. The summed E-state index contributed by atoms with van der Waals surface area (Å²) in [5, 5.41) is 17.1. The zero-order chi connectivity index (χ0) is 13.4. The van der Waals surface area contributed by atoms with Crippen molar-refractivity contribution in [3.05, 3.63) is 0 Å². The van der Waals surface area contributed by atoms with Gasteiger partial charge < -0.3 is 0 Å². The summed E-state index contributed by atoms with van der Waals surface area (Å²) in [7, 11) is 0. The maximum atomic E-state index is 11.4. The molecule has 0 bridgehead atoms. The third-order valence-corrected chi connectivity index (χ3v) is 4.02. The number of carbonyl (C=O) groups excluding carboxylic acids is 1. The Morgan fingerprint density at radius 3 is 2.35 bits per heavy atom. The monoisotopic (exact) mass is 330 g/mol. The van der Waals surface area contributed by atoms with Gasteiger partial charge in [-0.2, -0.15) is 0 Å². The molecule has 2 atom stereocenters. The van der Waals surface area contributed by atoms with E-state index in [0.717, 1.165) is 0 Å². The van der Waals surface area contributed by atoms with E-state index in [2.05, 4.69) is 17.0 Å². The van der Waals surface area contributed by atoms with Crippen LogP contribution in [0.2, 0.25) is 0 Å². The summed E-state index contributed by atoms with van der Waals surface area (Å²) in [6, 6.07) is -1.76. The van der Waals surface area contributed by atoms with Crippen molar-refractivity contribution in [3.63, 3.8) is 0 Å². The Morgan fingerprint density at radius 2 is 1.94 bits per heavy atom. The minimum atomic E-state index is -1.09. The second kappa shape index (κ2) is 8.48. The minimum absolute atomic E-state index is 0.0518. The number of aliphatic carboxylic acids is 2. The number of thiol groups is 1. The molecule has 0 rings (SSSR count). The average Bonchev–Trinajstić information content (AvgIpc) is 2.25. The number of hydrogen-bond donors (Lipinski definition) is 5. The van der Waals surface area contributed by atoms with E-state index in [0.29, 0.717) is 0 Å². The van der Waals surface area contributed by atoms with E-state index in [-0.39, 0.29) is 23.3 Å². The zero-order valence-corrected chi connectivity index (χ0v) is 11.4. The van der Waals surface area contributed by atoms with E-state index in [9.17, 15) is 14.4 Å². The van der Waals surface area contributed by atoms with Gasteiger partial charge in [0.15, 0.2) is 0 Å². The molecule has 7 nitrogen and oxygen atoms in total. The van der Waals surface area contributed by atoms with Gasteiger partial charge in [-0.05, 0) is 0 Å². The normalized spacial score (nSPS) is 14.0. The Labute approximate surface area is 110 Å². The molecule has 17 heavy (non-hydrogen) atoms. The van der Waals surface area contributed by atoms with Crippen molar-refractivity contribution in [1.82, 2.24) is 4.33 Å². The summed E-state index contributed by atoms with van der Waals surface area (Å²) in [6.07, 6.45) is -0.131. The summed E-state index contributed by atoms with van der Waals surface area (Å²) < 4.78 is 2.19. The quantitative estimate of drug-likeness (QED) is 0.252. The maximum absolute atomic E-state index is 11.4. The van der Waals surface area contributed by atoms with E-state index < -0.39 is 39.2 Å². The molecule has 98 valence electrons. The molecule has 0 spiro atoms. The molecule has 0 aliphatic heterocycles. The van der Waals surface area contributed by atoms with Crippen LogP contribution in [0.1, 0.15) is 12.8 Å². The third-order valence-electron chi connectivity index (χ3n) is 1.75. The Kier molecular flexibility index (Phi) is 8.18. The Balaban J connectivity index is 3.99. The first-order chi connectivity index (χ1) is 7.88. The zero-order valence-electron chi connectivity index (χ0n) is 8.83. The van der Waals surface area contributed by atoms with Crippen LogP contribution in [0.25, 0.3) is 0 Å². The van der Waals surface area contributed by atoms with Crippen LogP contribution < -0.4 is 10.1 Å². The van der Waals surface area contributed by atoms with Crippen LogP contribution in [0.15, 0.2) is 0 Å². The predicted octanol–water partition coefficient (Wildman–Crippen LogP) is -1.70.